The molecule has 0 aliphatic carbocycles. The zero-order valence-corrected chi connectivity index (χ0v) is 9.52. The summed E-state index contributed by atoms with van der Waals surface area (Å²) in [6.45, 7) is 3.56. The summed E-state index contributed by atoms with van der Waals surface area (Å²) in [5.74, 6) is 0. The highest BCUT2D eigenvalue weighted by Gasteiger charge is 2.07. The summed E-state index contributed by atoms with van der Waals surface area (Å²) in [5.41, 5.74) is 6.46. The van der Waals surface area contributed by atoms with E-state index in [1.54, 1.807) is 7.11 Å². The van der Waals surface area contributed by atoms with Crippen LogP contribution in [0.1, 0.15) is 31.5 Å². The highest BCUT2D eigenvalue weighted by Crippen LogP contribution is 2.09. The molecular formula is C10H20N4O. The minimum Gasteiger partial charge on any atom is -0.385 e. The fourth-order valence-electron chi connectivity index (χ4n) is 1.35. The topological polar surface area (TPSA) is 66.0 Å². The lowest BCUT2D eigenvalue weighted by Gasteiger charge is -2.09. The van der Waals surface area contributed by atoms with E-state index in [4.69, 9.17) is 10.5 Å². The monoisotopic (exact) mass is 212 g/mol. The molecule has 1 aromatic heterocycles. The van der Waals surface area contributed by atoms with Crippen LogP contribution in [0.2, 0.25) is 0 Å². The first kappa shape index (κ1) is 12.1. The van der Waals surface area contributed by atoms with Gasteiger partial charge in [0.25, 0.3) is 0 Å². The minimum absolute atomic E-state index is 0.337. The van der Waals surface area contributed by atoms with Crippen molar-refractivity contribution in [1.82, 2.24) is 15.0 Å². The lowest BCUT2D eigenvalue weighted by Crippen LogP contribution is -2.08. The summed E-state index contributed by atoms with van der Waals surface area (Å²) in [5, 5.41) is 8.19. The Morgan fingerprint density at radius 2 is 2.40 bits per heavy atom. The fourth-order valence-corrected chi connectivity index (χ4v) is 1.35. The molecule has 0 aliphatic heterocycles. The van der Waals surface area contributed by atoms with Crippen LogP contribution in [-0.4, -0.2) is 35.3 Å². The first-order chi connectivity index (χ1) is 7.27. The second-order valence-electron chi connectivity index (χ2n) is 3.71. The molecule has 1 aromatic rings. The molecule has 1 rings (SSSR count). The zero-order valence-electron chi connectivity index (χ0n) is 9.52. The van der Waals surface area contributed by atoms with Crippen molar-refractivity contribution in [1.29, 1.82) is 0 Å². The maximum absolute atomic E-state index is 5.44. The molecule has 0 amide bonds. The molecule has 86 valence electrons. The van der Waals surface area contributed by atoms with E-state index >= 15 is 0 Å². The molecular weight excluding hydrogens is 192 g/mol. The predicted octanol–water partition coefficient (Wildman–Crippen LogP) is 0.767. The first-order valence-electron chi connectivity index (χ1n) is 5.37. The molecule has 15 heavy (non-hydrogen) atoms. The number of aryl methyl sites for hydroxylation is 1. The van der Waals surface area contributed by atoms with Crippen molar-refractivity contribution in [2.75, 3.05) is 20.3 Å². The molecule has 0 bridgehead atoms. The third-order valence-electron chi connectivity index (χ3n) is 2.39. The average molecular weight is 212 g/mol. The minimum atomic E-state index is 0.337. The van der Waals surface area contributed by atoms with Gasteiger partial charge in [0, 0.05) is 19.9 Å². The molecule has 0 fully saturated rings. The molecule has 0 saturated heterocycles. The Bertz CT molecular complexity index is 274. The zero-order chi connectivity index (χ0) is 11.1. The van der Waals surface area contributed by atoms with Gasteiger partial charge in [-0.3, -0.25) is 0 Å². The van der Waals surface area contributed by atoms with Gasteiger partial charge in [0.05, 0.1) is 11.7 Å². The molecule has 0 aliphatic rings. The molecule has 1 heterocycles. The number of nitrogens with zero attached hydrogens (tertiary/aromatic N) is 3. The van der Waals surface area contributed by atoms with Crippen LogP contribution in [-0.2, 0) is 11.2 Å². The molecule has 0 saturated carbocycles. The lowest BCUT2D eigenvalue weighted by molar-refractivity contribution is 0.178. The molecule has 1 atom stereocenters. The maximum Gasteiger partial charge on any atom is 0.0827 e. The van der Waals surface area contributed by atoms with Gasteiger partial charge in [-0.1, -0.05) is 5.21 Å². The number of ether oxygens (including phenoxy) is 1. The molecule has 0 aromatic carbocycles. The van der Waals surface area contributed by atoms with Crippen LogP contribution in [0.5, 0.6) is 0 Å². The van der Waals surface area contributed by atoms with Crippen molar-refractivity contribution in [2.24, 2.45) is 5.73 Å². The molecule has 5 heteroatoms. The van der Waals surface area contributed by atoms with E-state index in [9.17, 15) is 0 Å². The Hall–Kier alpha value is -0.940. The van der Waals surface area contributed by atoms with E-state index in [0.29, 0.717) is 12.6 Å². The highest BCUT2D eigenvalue weighted by atomic mass is 16.5. The third-order valence-corrected chi connectivity index (χ3v) is 2.39. The standard InChI is InChI=1S/C10H20N4O/c1-9(5-7-15-2)14-8-10(12-13-14)4-3-6-11/h8-9H,3-7,11H2,1-2H3. The molecule has 0 radical (unpaired) electrons. The number of methoxy groups -OCH3 is 1. The second-order valence-corrected chi connectivity index (χ2v) is 3.71. The molecule has 1 unspecified atom stereocenters. The SMILES string of the molecule is COCCC(C)n1cc(CCCN)nn1. The van der Waals surface area contributed by atoms with Crippen molar-refractivity contribution in [2.45, 2.75) is 32.2 Å². The van der Waals surface area contributed by atoms with E-state index < -0.39 is 0 Å². The van der Waals surface area contributed by atoms with Crippen LogP contribution >= 0.6 is 0 Å². The lowest BCUT2D eigenvalue weighted by atomic mass is 10.2. The molecule has 2 N–H and O–H groups in total. The van der Waals surface area contributed by atoms with Crippen LogP contribution < -0.4 is 5.73 Å². The first-order valence-corrected chi connectivity index (χ1v) is 5.37. The number of hydrogen-bond donors (Lipinski definition) is 1. The number of nitrogens with two attached hydrogens (primary N) is 1. The Labute approximate surface area is 90.6 Å². The Morgan fingerprint density at radius 1 is 1.60 bits per heavy atom. The van der Waals surface area contributed by atoms with E-state index in [0.717, 1.165) is 31.6 Å². The van der Waals surface area contributed by atoms with Crippen LogP contribution in [0.3, 0.4) is 0 Å². The van der Waals surface area contributed by atoms with Gasteiger partial charge in [-0.2, -0.15) is 0 Å². The van der Waals surface area contributed by atoms with Gasteiger partial charge < -0.3 is 10.5 Å². The summed E-state index contributed by atoms with van der Waals surface area (Å²) in [6.07, 6.45) is 4.82. The average Bonchev–Trinajstić information content (AvgIpc) is 2.71. The third kappa shape index (κ3) is 3.97. The van der Waals surface area contributed by atoms with Crippen LogP contribution in [0.25, 0.3) is 0 Å². The quantitative estimate of drug-likeness (QED) is 0.725. The summed E-state index contributed by atoms with van der Waals surface area (Å²) < 4.78 is 6.92. The Morgan fingerprint density at radius 3 is 3.07 bits per heavy atom. The second kappa shape index (κ2) is 6.53. The van der Waals surface area contributed by atoms with Crippen molar-refractivity contribution < 1.29 is 4.74 Å². The Kier molecular flexibility index (Phi) is 5.28. The maximum atomic E-state index is 5.44. The van der Waals surface area contributed by atoms with Gasteiger partial charge in [0.2, 0.25) is 0 Å². The smallest absolute Gasteiger partial charge is 0.0827 e. The highest BCUT2D eigenvalue weighted by molar-refractivity contribution is 4.93. The van der Waals surface area contributed by atoms with Crippen molar-refractivity contribution >= 4 is 0 Å². The van der Waals surface area contributed by atoms with Crippen molar-refractivity contribution in [3.05, 3.63) is 11.9 Å². The molecule has 5 nitrogen and oxygen atoms in total. The van der Waals surface area contributed by atoms with Crippen LogP contribution in [0.4, 0.5) is 0 Å². The van der Waals surface area contributed by atoms with Gasteiger partial charge in [-0.15, -0.1) is 5.10 Å². The van der Waals surface area contributed by atoms with Crippen molar-refractivity contribution in [3.8, 4) is 0 Å². The van der Waals surface area contributed by atoms with Crippen molar-refractivity contribution in [3.63, 3.8) is 0 Å². The van der Waals surface area contributed by atoms with E-state index in [1.165, 1.54) is 0 Å². The van der Waals surface area contributed by atoms with Gasteiger partial charge in [0.15, 0.2) is 0 Å². The van der Waals surface area contributed by atoms with E-state index in [2.05, 4.69) is 17.2 Å². The summed E-state index contributed by atoms with van der Waals surface area (Å²) in [7, 11) is 1.71. The van der Waals surface area contributed by atoms with E-state index in [-0.39, 0.29) is 0 Å². The van der Waals surface area contributed by atoms with Gasteiger partial charge in [0.1, 0.15) is 0 Å². The van der Waals surface area contributed by atoms with E-state index in [1.807, 2.05) is 10.9 Å². The van der Waals surface area contributed by atoms with Crippen LogP contribution in [0.15, 0.2) is 6.20 Å². The normalized spacial score (nSPS) is 13.0. The summed E-state index contributed by atoms with van der Waals surface area (Å²) in [4.78, 5) is 0. The predicted molar refractivity (Wildman–Crippen MR) is 58.6 cm³/mol. The summed E-state index contributed by atoms with van der Waals surface area (Å²) in [6, 6.07) is 0.337. The number of aromatic nitrogens is 3. The fraction of sp³-hybridized carbons (Fsp3) is 0.800. The largest absolute Gasteiger partial charge is 0.385 e. The van der Waals surface area contributed by atoms with Crippen LogP contribution in [0, 0.1) is 0 Å². The number of rotatable bonds is 7. The summed E-state index contributed by atoms with van der Waals surface area (Å²) >= 11 is 0. The van der Waals surface area contributed by atoms with Gasteiger partial charge >= 0.3 is 0 Å². The number of hydrogen-bond acceptors (Lipinski definition) is 4. The molecule has 0 spiro atoms. The Balaban J connectivity index is 2.43. The van der Waals surface area contributed by atoms with Gasteiger partial charge in [-0.25, -0.2) is 4.68 Å². The van der Waals surface area contributed by atoms with Gasteiger partial charge in [-0.05, 0) is 32.7 Å².